The zero-order valence-electron chi connectivity index (χ0n) is 17.8. The Morgan fingerprint density at radius 1 is 1.23 bits per heavy atom. The third-order valence-corrected chi connectivity index (χ3v) is 4.73. The lowest BCUT2D eigenvalue weighted by molar-refractivity contribution is -0.142. The maximum absolute atomic E-state index is 12.1. The standard InChI is InChI=1S/C24H27NO5/c1-5-28-21-13-19-11-17(4)30-22(19)12-18(21)7-9-24(27)29-14-23(26)25-20-8-6-15(2)10-16(20)3/h6-10,12-13,17H,5,11,14H2,1-4H3,(H,25,26)/b9-7+/t17-/m0/s1. The molecule has 6 heteroatoms. The van der Waals surface area contributed by atoms with E-state index in [1.165, 1.54) is 6.08 Å². The normalized spacial score (nSPS) is 14.9. The lowest BCUT2D eigenvalue weighted by Gasteiger charge is -2.10. The number of aryl methyl sites for hydroxylation is 2. The second kappa shape index (κ2) is 9.48. The SMILES string of the molecule is CCOc1cc2c(cc1/C=C/C(=O)OCC(=O)Nc1ccc(C)cc1C)O[C@@H](C)C2. The number of rotatable bonds is 7. The number of hydrogen-bond acceptors (Lipinski definition) is 5. The van der Waals surface area contributed by atoms with Gasteiger partial charge in [0.25, 0.3) is 5.91 Å². The van der Waals surface area contributed by atoms with E-state index in [-0.39, 0.29) is 12.7 Å². The third-order valence-electron chi connectivity index (χ3n) is 4.73. The second-order valence-corrected chi connectivity index (χ2v) is 7.37. The third kappa shape index (κ3) is 5.41. The second-order valence-electron chi connectivity index (χ2n) is 7.37. The first-order chi connectivity index (χ1) is 14.4. The van der Waals surface area contributed by atoms with Gasteiger partial charge in [0.1, 0.15) is 17.6 Å². The number of amides is 1. The maximum atomic E-state index is 12.1. The Bertz CT molecular complexity index is 980. The molecule has 2 aromatic carbocycles. The van der Waals surface area contributed by atoms with Crippen molar-refractivity contribution in [2.75, 3.05) is 18.5 Å². The topological polar surface area (TPSA) is 73.9 Å². The van der Waals surface area contributed by atoms with Gasteiger partial charge in [0.15, 0.2) is 6.61 Å². The van der Waals surface area contributed by atoms with Gasteiger partial charge in [0, 0.05) is 29.3 Å². The van der Waals surface area contributed by atoms with Crippen LogP contribution in [0.4, 0.5) is 5.69 Å². The Kier molecular flexibility index (Phi) is 6.77. The van der Waals surface area contributed by atoms with Crippen LogP contribution in [0.3, 0.4) is 0 Å². The molecule has 158 valence electrons. The van der Waals surface area contributed by atoms with Crippen molar-refractivity contribution in [1.82, 2.24) is 0 Å². The van der Waals surface area contributed by atoms with E-state index in [0.717, 1.165) is 34.4 Å². The van der Waals surface area contributed by atoms with Crippen LogP contribution in [0.25, 0.3) is 6.08 Å². The molecule has 1 amide bonds. The summed E-state index contributed by atoms with van der Waals surface area (Å²) in [6.45, 7) is 7.96. The Morgan fingerprint density at radius 3 is 2.77 bits per heavy atom. The first-order valence-electron chi connectivity index (χ1n) is 10.0. The summed E-state index contributed by atoms with van der Waals surface area (Å²) in [6, 6.07) is 9.53. The highest BCUT2D eigenvalue weighted by molar-refractivity contribution is 5.95. The summed E-state index contributed by atoms with van der Waals surface area (Å²) in [4.78, 5) is 24.2. The molecule has 0 saturated heterocycles. The largest absolute Gasteiger partial charge is 0.493 e. The zero-order chi connectivity index (χ0) is 21.7. The van der Waals surface area contributed by atoms with Crippen molar-refractivity contribution in [2.45, 2.75) is 40.2 Å². The number of fused-ring (bicyclic) bond motifs is 1. The fraction of sp³-hybridized carbons (Fsp3) is 0.333. The number of esters is 1. The van der Waals surface area contributed by atoms with E-state index in [1.807, 2.05) is 58.0 Å². The van der Waals surface area contributed by atoms with Crippen LogP contribution in [0, 0.1) is 13.8 Å². The molecule has 2 aromatic rings. The fourth-order valence-electron chi connectivity index (χ4n) is 3.35. The highest BCUT2D eigenvalue weighted by Crippen LogP contribution is 2.35. The molecule has 0 fully saturated rings. The molecule has 6 nitrogen and oxygen atoms in total. The van der Waals surface area contributed by atoms with Crippen LogP contribution in [0.5, 0.6) is 11.5 Å². The summed E-state index contributed by atoms with van der Waals surface area (Å²) in [5, 5.41) is 2.75. The van der Waals surface area contributed by atoms with Gasteiger partial charge in [0.2, 0.25) is 0 Å². The Hall–Kier alpha value is -3.28. The predicted molar refractivity (Wildman–Crippen MR) is 116 cm³/mol. The number of nitrogens with one attached hydrogen (secondary N) is 1. The Labute approximate surface area is 176 Å². The molecule has 0 aliphatic carbocycles. The minimum atomic E-state index is -0.608. The first-order valence-corrected chi connectivity index (χ1v) is 10.0. The molecule has 1 aliphatic heterocycles. The number of ether oxygens (including phenoxy) is 3. The van der Waals surface area contributed by atoms with E-state index < -0.39 is 11.9 Å². The fourth-order valence-corrected chi connectivity index (χ4v) is 3.35. The van der Waals surface area contributed by atoms with E-state index in [0.29, 0.717) is 18.0 Å². The van der Waals surface area contributed by atoms with Gasteiger partial charge in [-0.2, -0.15) is 0 Å². The molecule has 0 saturated carbocycles. The van der Waals surface area contributed by atoms with Crippen LogP contribution in [0.2, 0.25) is 0 Å². The van der Waals surface area contributed by atoms with Crippen LogP contribution in [0.1, 0.15) is 36.1 Å². The number of carbonyl (C=O) groups is 2. The van der Waals surface area contributed by atoms with Crippen molar-refractivity contribution >= 4 is 23.6 Å². The van der Waals surface area contributed by atoms with Crippen LogP contribution in [-0.4, -0.2) is 31.2 Å². The van der Waals surface area contributed by atoms with Crippen molar-refractivity contribution in [1.29, 1.82) is 0 Å². The minimum Gasteiger partial charge on any atom is -0.493 e. The highest BCUT2D eigenvalue weighted by Gasteiger charge is 2.21. The summed E-state index contributed by atoms with van der Waals surface area (Å²) in [6.07, 6.45) is 3.85. The molecule has 1 heterocycles. The quantitative estimate of drug-likeness (QED) is 0.547. The van der Waals surface area contributed by atoms with Gasteiger partial charge in [0.05, 0.1) is 6.61 Å². The van der Waals surface area contributed by atoms with Crippen molar-refractivity contribution in [3.63, 3.8) is 0 Å². The highest BCUT2D eigenvalue weighted by atomic mass is 16.5. The average molecular weight is 409 g/mol. The smallest absolute Gasteiger partial charge is 0.331 e. The van der Waals surface area contributed by atoms with Crippen LogP contribution in [0.15, 0.2) is 36.4 Å². The summed E-state index contributed by atoms with van der Waals surface area (Å²) in [7, 11) is 0. The first kappa shape index (κ1) is 21.4. The molecule has 0 bridgehead atoms. The Morgan fingerprint density at radius 2 is 2.03 bits per heavy atom. The molecule has 0 radical (unpaired) electrons. The molecule has 0 unspecified atom stereocenters. The number of benzene rings is 2. The summed E-state index contributed by atoms with van der Waals surface area (Å²) in [5.74, 6) is 0.485. The molecule has 30 heavy (non-hydrogen) atoms. The lowest BCUT2D eigenvalue weighted by atomic mass is 10.1. The van der Waals surface area contributed by atoms with Crippen LogP contribution >= 0.6 is 0 Å². The van der Waals surface area contributed by atoms with E-state index >= 15 is 0 Å². The van der Waals surface area contributed by atoms with E-state index in [9.17, 15) is 9.59 Å². The van der Waals surface area contributed by atoms with Gasteiger partial charge in [-0.15, -0.1) is 0 Å². The van der Waals surface area contributed by atoms with Crippen molar-refractivity contribution in [2.24, 2.45) is 0 Å². The van der Waals surface area contributed by atoms with E-state index in [4.69, 9.17) is 14.2 Å². The minimum absolute atomic E-state index is 0.120. The number of hydrogen-bond donors (Lipinski definition) is 1. The number of anilines is 1. The van der Waals surface area contributed by atoms with E-state index in [1.54, 1.807) is 6.08 Å². The van der Waals surface area contributed by atoms with Gasteiger partial charge in [-0.25, -0.2) is 4.79 Å². The van der Waals surface area contributed by atoms with Gasteiger partial charge in [-0.3, -0.25) is 4.79 Å². The summed E-state index contributed by atoms with van der Waals surface area (Å²) in [5.41, 5.74) is 4.58. The van der Waals surface area contributed by atoms with Crippen molar-refractivity contribution < 1.29 is 23.8 Å². The van der Waals surface area contributed by atoms with Gasteiger partial charge >= 0.3 is 5.97 Å². The average Bonchev–Trinajstić information content (AvgIpc) is 3.05. The predicted octanol–water partition coefficient (Wildman–Crippen LogP) is 4.22. The number of carbonyl (C=O) groups excluding carboxylic acids is 2. The van der Waals surface area contributed by atoms with Crippen molar-refractivity contribution in [3.05, 3.63) is 58.7 Å². The molecule has 3 rings (SSSR count). The summed E-state index contributed by atoms with van der Waals surface area (Å²) < 4.78 is 16.5. The lowest BCUT2D eigenvalue weighted by Crippen LogP contribution is -2.20. The van der Waals surface area contributed by atoms with Crippen LogP contribution in [-0.2, 0) is 20.7 Å². The molecule has 0 spiro atoms. The maximum Gasteiger partial charge on any atom is 0.331 e. The Balaban J connectivity index is 1.59. The zero-order valence-corrected chi connectivity index (χ0v) is 17.8. The molecule has 0 aromatic heterocycles. The van der Waals surface area contributed by atoms with E-state index in [2.05, 4.69) is 5.32 Å². The van der Waals surface area contributed by atoms with Gasteiger partial charge in [-0.1, -0.05) is 17.7 Å². The van der Waals surface area contributed by atoms with Gasteiger partial charge < -0.3 is 19.5 Å². The van der Waals surface area contributed by atoms with Crippen LogP contribution < -0.4 is 14.8 Å². The van der Waals surface area contributed by atoms with Crippen molar-refractivity contribution in [3.8, 4) is 11.5 Å². The monoisotopic (exact) mass is 409 g/mol. The molecular formula is C24H27NO5. The van der Waals surface area contributed by atoms with Gasteiger partial charge in [-0.05, 0) is 57.5 Å². The molecule has 1 N–H and O–H groups in total. The molecule has 1 atom stereocenters. The molecule has 1 aliphatic rings. The molecular weight excluding hydrogens is 382 g/mol. The summed E-state index contributed by atoms with van der Waals surface area (Å²) >= 11 is 0.